The van der Waals surface area contributed by atoms with Crippen molar-refractivity contribution in [1.82, 2.24) is 0 Å². The maximum absolute atomic E-state index is 10.4. The van der Waals surface area contributed by atoms with Gasteiger partial charge in [0, 0.05) is 18.3 Å². The number of unbranched alkanes of at least 4 members (excludes halogenated alkanes) is 3. The Labute approximate surface area is 199 Å². The molecule has 3 aliphatic rings. The van der Waals surface area contributed by atoms with E-state index in [2.05, 4.69) is 13.0 Å². The fourth-order valence-electron chi connectivity index (χ4n) is 3.37. The summed E-state index contributed by atoms with van der Waals surface area (Å²) in [5.41, 5.74) is 0. The van der Waals surface area contributed by atoms with Gasteiger partial charge in [-0.3, -0.25) is 0 Å². The van der Waals surface area contributed by atoms with Crippen molar-refractivity contribution in [3.05, 3.63) is 24.3 Å². The Bertz CT molecular complexity index is 459. The standard InChI is InChI=1S/C20H32O5.K/c1-2-3-6-9-15(21)12-13-17-16(18-14-20(24-17)25-18)10-7-4-5-8-11-19(22)23;/h4,7,12-13,15-18,20-21H,2-3,5-6,8-11,14H2,1H3,(H,22,23);/q;+1/p-1/b7-4-,13-12+;/t15-,16+,17+,18-,20+;/m0./s1. The molecule has 5 atom stereocenters. The third-order valence-corrected chi connectivity index (χ3v) is 4.91. The number of aliphatic hydroxyl groups excluding tert-OH is 1. The Balaban J connectivity index is 0.00000338. The molecule has 0 amide bonds. The number of aliphatic carboxylic acids is 1. The summed E-state index contributed by atoms with van der Waals surface area (Å²) in [6, 6.07) is 0. The number of carbonyl (C=O) groups is 1. The summed E-state index contributed by atoms with van der Waals surface area (Å²) >= 11 is 0. The molecule has 0 spiro atoms. The molecule has 2 bridgehead atoms. The van der Waals surface area contributed by atoms with Crippen molar-refractivity contribution in [3.8, 4) is 0 Å². The van der Waals surface area contributed by atoms with Crippen LogP contribution >= 0.6 is 0 Å². The molecule has 0 aromatic heterocycles. The van der Waals surface area contributed by atoms with Gasteiger partial charge in [-0.05, 0) is 32.1 Å². The van der Waals surface area contributed by atoms with Crippen LogP contribution in [0.1, 0.15) is 64.7 Å². The first-order chi connectivity index (χ1) is 12.1. The predicted octanol–water partition coefficient (Wildman–Crippen LogP) is -0.516. The van der Waals surface area contributed by atoms with Crippen molar-refractivity contribution >= 4 is 5.97 Å². The maximum atomic E-state index is 10.4. The van der Waals surface area contributed by atoms with E-state index in [0.29, 0.717) is 6.42 Å². The van der Waals surface area contributed by atoms with Crippen molar-refractivity contribution in [1.29, 1.82) is 0 Å². The van der Waals surface area contributed by atoms with E-state index < -0.39 is 12.1 Å². The molecule has 5 nitrogen and oxygen atoms in total. The van der Waals surface area contributed by atoms with Crippen LogP contribution in [-0.2, 0) is 14.3 Å². The van der Waals surface area contributed by atoms with Crippen LogP contribution in [0.15, 0.2) is 24.3 Å². The topological polar surface area (TPSA) is 78.8 Å². The van der Waals surface area contributed by atoms with Gasteiger partial charge in [-0.15, -0.1) is 0 Å². The Hall–Kier alpha value is 0.466. The first-order valence-electron chi connectivity index (χ1n) is 9.62. The number of fused-ring (bicyclic) bond motifs is 2. The van der Waals surface area contributed by atoms with Gasteiger partial charge >= 0.3 is 51.4 Å². The number of carboxylic acids is 1. The average molecular weight is 391 g/mol. The van der Waals surface area contributed by atoms with Crippen LogP contribution in [0.5, 0.6) is 0 Å². The molecule has 1 N–H and O–H groups in total. The Morgan fingerprint density at radius 2 is 2.04 bits per heavy atom. The van der Waals surface area contributed by atoms with Gasteiger partial charge in [-0.1, -0.05) is 50.5 Å². The van der Waals surface area contributed by atoms with E-state index in [1.807, 2.05) is 18.2 Å². The average Bonchev–Trinajstić information content (AvgIpc) is 2.55. The Morgan fingerprint density at radius 3 is 2.73 bits per heavy atom. The van der Waals surface area contributed by atoms with Gasteiger partial charge < -0.3 is 24.5 Å². The number of hydrogen-bond acceptors (Lipinski definition) is 5. The molecule has 0 aromatic rings. The largest absolute Gasteiger partial charge is 1.00 e. The SMILES string of the molecule is CCCCC[C@H](O)/C=C/[C@H]1O[C@H]2C[C@H](O2)[C@@H]1C/C=C\CCCC(=O)[O-].[K+]. The third kappa shape index (κ3) is 8.65. The van der Waals surface area contributed by atoms with Crippen LogP contribution in [0, 0.1) is 5.92 Å². The Morgan fingerprint density at radius 1 is 1.27 bits per heavy atom. The molecule has 3 aliphatic heterocycles. The Kier molecular flexibility index (Phi) is 12.8. The number of carbonyl (C=O) groups excluding carboxylic acids is 1. The number of rotatable bonds is 12. The van der Waals surface area contributed by atoms with Crippen molar-refractivity contribution in [3.63, 3.8) is 0 Å². The summed E-state index contributed by atoms with van der Waals surface area (Å²) in [5, 5.41) is 20.4. The van der Waals surface area contributed by atoms with Crippen LogP contribution < -0.4 is 56.5 Å². The molecule has 26 heavy (non-hydrogen) atoms. The van der Waals surface area contributed by atoms with Gasteiger partial charge in [0.15, 0.2) is 6.29 Å². The van der Waals surface area contributed by atoms with Crippen molar-refractivity contribution < 1.29 is 75.9 Å². The number of ether oxygens (including phenoxy) is 2. The van der Waals surface area contributed by atoms with Crippen molar-refractivity contribution in [2.24, 2.45) is 5.92 Å². The minimum absolute atomic E-state index is 0. The normalized spacial score (nSPS) is 28.7. The molecule has 3 rings (SSSR count). The molecule has 3 saturated heterocycles. The van der Waals surface area contributed by atoms with Crippen LogP contribution in [0.2, 0.25) is 0 Å². The van der Waals surface area contributed by atoms with E-state index in [1.54, 1.807) is 0 Å². The van der Waals surface area contributed by atoms with Crippen LogP contribution in [0.3, 0.4) is 0 Å². The van der Waals surface area contributed by atoms with Crippen LogP contribution in [0.4, 0.5) is 0 Å². The van der Waals surface area contributed by atoms with E-state index in [4.69, 9.17) is 9.47 Å². The fourth-order valence-corrected chi connectivity index (χ4v) is 3.37. The van der Waals surface area contributed by atoms with Gasteiger partial charge in [0.2, 0.25) is 0 Å². The molecule has 0 aliphatic carbocycles. The van der Waals surface area contributed by atoms with E-state index in [9.17, 15) is 15.0 Å². The van der Waals surface area contributed by atoms with E-state index in [0.717, 1.165) is 44.9 Å². The zero-order chi connectivity index (χ0) is 18.1. The summed E-state index contributed by atoms with van der Waals surface area (Å²) in [7, 11) is 0. The van der Waals surface area contributed by atoms with Crippen molar-refractivity contribution in [2.45, 2.75) is 89.3 Å². The van der Waals surface area contributed by atoms with Crippen LogP contribution in [0.25, 0.3) is 0 Å². The third-order valence-electron chi connectivity index (χ3n) is 4.91. The van der Waals surface area contributed by atoms with Gasteiger partial charge in [-0.2, -0.15) is 0 Å². The quantitative estimate of drug-likeness (QED) is 0.276. The smallest absolute Gasteiger partial charge is 0.550 e. The van der Waals surface area contributed by atoms with Gasteiger partial charge in [-0.25, -0.2) is 0 Å². The summed E-state index contributed by atoms with van der Waals surface area (Å²) in [5.74, 6) is -0.743. The molecular weight excluding hydrogens is 359 g/mol. The number of allylic oxidation sites excluding steroid dienone is 2. The summed E-state index contributed by atoms with van der Waals surface area (Å²) < 4.78 is 11.6. The monoisotopic (exact) mass is 390 g/mol. The second-order valence-electron chi connectivity index (χ2n) is 7.02. The van der Waals surface area contributed by atoms with Crippen molar-refractivity contribution in [2.75, 3.05) is 0 Å². The molecule has 0 aromatic carbocycles. The maximum Gasteiger partial charge on any atom is 1.00 e. The van der Waals surface area contributed by atoms with E-state index >= 15 is 0 Å². The second-order valence-corrected chi connectivity index (χ2v) is 7.02. The van der Waals surface area contributed by atoms with E-state index in [-0.39, 0.29) is 82.2 Å². The molecule has 0 saturated carbocycles. The molecule has 0 unspecified atom stereocenters. The minimum Gasteiger partial charge on any atom is -0.550 e. The summed E-state index contributed by atoms with van der Waals surface area (Å²) in [4.78, 5) is 10.4. The minimum atomic E-state index is -0.995. The molecule has 6 heteroatoms. The fraction of sp³-hybridized carbons (Fsp3) is 0.750. The molecule has 3 heterocycles. The molecule has 142 valence electrons. The van der Waals surface area contributed by atoms with Crippen LogP contribution in [-0.4, -0.2) is 35.7 Å². The number of carboxylic acid groups (broad SMARTS) is 1. The number of hydrogen-bond donors (Lipinski definition) is 1. The first kappa shape index (κ1) is 24.5. The second kappa shape index (κ2) is 13.6. The van der Waals surface area contributed by atoms with Gasteiger partial charge in [0.1, 0.15) is 0 Å². The zero-order valence-electron chi connectivity index (χ0n) is 16.1. The van der Waals surface area contributed by atoms with Gasteiger partial charge in [0.25, 0.3) is 0 Å². The molecule has 0 radical (unpaired) electrons. The first-order valence-corrected chi connectivity index (χ1v) is 9.62. The molecule has 3 fully saturated rings. The predicted molar refractivity (Wildman–Crippen MR) is 93.5 cm³/mol. The number of aliphatic hydroxyl groups is 1. The zero-order valence-corrected chi connectivity index (χ0v) is 19.3. The molecular formula is C20H31KO5. The summed E-state index contributed by atoms with van der Waals surface area (Å²) in [6.07, 6.45) is 15.0. The summed E-state index contributed by atoms with van der Waals surface area (Å²) in [6.45, 7) is 2.15. The van der Waals surface area contributed by atoms with Gasteiger partial charge in [0.05, 0.1) is 18.3 Å². The van der Waals surface area contributed by atoms with E-state index in [1.165, 1.54) is 0 Å².